The topological polar surface area (TPSA) is 21.3 Å². The first kappa shape index (κ1) is 34.9. The van der Waals surface area contributed by atoms with E-state index in [-0.39, 0.29) is 0 Å². The van der Waals surface area contributed by atoms with Crippen molar-refractivity contribution in [2.24, 2.45) is 0 Å². The lowest BCUT2D eigenvalue weighted by atomic mass is 9.96. The number of hydrogen-bond donors (Lipinski definition) is 0. The molecule has 12 aromatic rings. The molecule has 0 saturated heterocycles. The van der Waals surface area contributed by atoms with Gasteiger partial charge in [-0.1, -0.05) is 170 Å². The molecular weight excluding hydrogens is 741 g/mol. The molecule has 2 aromatic heterocycles. The maximum atomic E-state index is 7.09. The summed E-state index contributed by atoms with van der Waals surface area (Å²) in [7, 11) is 0. The van der Waals surface area contributed by atoms with Crippen LogP contribution in [0.3, 0.4) is 0 Å². The van der Waals surface area contributed by atoms with Crippen LogP contribution in [0.2, 0.25) is 0 Å². The van der Waals surface area contributed by atoms with E-state index in [1.165, 1.54) is 32.6 Å². The van der Waals surface area contributed by atoms with Crippen LogP contribution in [0.1, 0.15) is 0 Å². The molecule has 3 heteroatoms. The molecule has 286 valence electrons. The molecule has 0 aliphatic heterocycles. The van der Waals surface area contributed by atoms with E-state index in [1.54, 1.807) is 0 Å². The Bertz CT molecular complexity index is 3570. The highest BCUT2D eigenvalue weighted by atomic mass is 16.3. The minimum absolute atomic E-state index is 0.838. The fourth-order valence-electron chi connectivity index (χ4n) is 9.34. The lowest BCUT2D eigenvalue weighted by molar-refractivity contribution is 0.669. The molecule has 61 heavy (non-hydrogen) atoms. The van der Waals surface area contributed by atoms with Crippen LogP contribution in [0.5, 0.6) is 0 Å². The van der Waals surface area contributed by atoms with Crippen molar-refractivity contribution >= 4 is 71.6 Å². The van der Waals surface area contributed by atoms with E-state index in [1.807, 2.05) is 0 Å². The fourth-order valence-corrected chi connectivity index (χ4v) is 9.34. The first-order chi connectivity index (χ1) is 30.3. The molecule has 0 atom stereocenters. The second-order valence-electron chi connectivity index (χ2n) is 15.7. The van der Waals surface area contributed by atoms with Gasteiger partial charge in [-0.3, -0.25) is 0 Å². The molecule has 0 fully saturated rings. The van der Waals surface area contributed by atoms with Gasteiger partial charge in [-0.15, -0.1) is 0 Å². The number of rotatable bonds is 7. The molecule has 0 saturated carbocycles. The molecule has 2 heterocycles. The molecule has 10 aromatic carbocycles. The lowest BCUT2D eigenvalue weighted by Crippen LogP contribution is -2.12. The number of anilines is 3. The van der Waals surface area contributed by atoms with Crippen molar-refractivity contribution < 1.29 is 4.42 Å². The van der Waals surface area contributed by atoms with E-state index >= 15 is 0 Å². The molecular formula is C58H38N2O. The third kappa shape index (κ3) is 5.82. The molecule has 0 N–H and O–H groups in total. The number of para-hydroxylation sites is 3. The third-order valence-corrected chi connectivity index (χ3v) is 12.2. The Hall–Kier alpha value is -8.14. The zero-order valence-electron chi connectivity index (χ0n) is 33.2. The minimum Gasteiger partial charge on any atom is -0.454 e. The Balaban J connectivity index is 1.17. The summed E-state index contributed by atoms with van der Waals surface area (Å²) in [5.74, 6) is 0. The maximum Gasteiger partial charge on any atom is 0.159 e. The average Bonchev–Trinajstić information content (AvgIpc) is 3.89. The van der Waals surface area contributed by atoms with E-state index in [0.717, 1.165) is 78.0 Å². The van der Waals surface area contributed by atoms with Gasteiger partial charge in [0.15, 0.2) is 5.58 Å². The van der Waals surface area contributed by atoms with Crippen molar-refractivity contribution in [3.63, 3.8) is 0 Å². The highest BCUT2D eigenvalue weighted by Gasteiger charge is 2.25. The summed E-state index contributed by atoms with van der Waals surface area (Å²) in [5, 5.41) is 7.00. The van der Waals surface area contributed by atoms with Crippen molar-refractivity contribution in [3.05, 3.63) is 231 Å². The van der Waals surface area contributed by atoms with Gasteiger partial charge in [-0.05, 0) is 99.3 Å². The number of hydrogen-bond acceptors (Lipinski definition) is 2. The van der Waals surface area contributed by atoms with Crippen LogP contribution in [-0.4, -0.2) is 4.57 Å². The molecule has 0 bridgehead atoms. The van der Waals surface area contributed by atoms with Crippen LogP contribution < -0.4 is 4.90 Å². The first-order valence-corrected chi connectivity index (χ1v) is 20.8. The minimum atomic E-state index is 0.838. The average molecular weight is 779 g/mol. The van der Waals surface area contributed by atoms with E-state index < -0.39 is 0 Å². The molecule has 0 amide bonds. The Morgan fingerprint density at radius 2 is 0.984 bits per heavy atom. The van der Waals surface area contributed by atoms with Crippen molar-refractivity contribution in [3.8, 4) is 39.1 Å². The monoisotopic (exact) mass is 778 g/mol. The number of benzene rings is 10. The first-order valence-electron chi connectivity index (χ1n) is 20.8. The zero-order chi connectivity index (χ0) is 40.3. The summed E-state index contributed by atoms with van der Waals surface area (Å²) in [6.07, 6.45) is 0. The van der Waals surface area contributed by atoms with Crippen LogP contribution in [-0.2, 0) is 0 Å². The zero-order valence-corrected chi connectivity index (χ0v) is 33.2. The fraction of sp³-hybridized carbons (Fsp3) is 0. The van der Waals surface area contributed by atoms with Crippen molar-refractivity contribution in [1.29, 1.82) is 0 Å². The normalized spacial score (nSPS) is 11.6. The van der Waals surface area contributed by atoms with Gasteiger partial charge in [-0.25, -0.2) is 0 Å². The van der Waals surface area contributed by atoms with Gasteiger partial charge in [0, 0.05) is 38.5 Å². The van der Waals surface area contributed by atoms with Gasteiger partial charge >= 0.3 is 0 Å². The van der Waals surface area contributed by atoms with Gasteiger partial charge in [0.25, 0.3) is 0 Å². The predicted octanol–water partition coefficient (Wildman–Crippen LogP) is 16.3. The number of fused-ring (bicyclic) bond motifs is 8. The summed E-state index contributed by atoms with van der Waals surface area (Å²) in [4.78, 5) is 2.40. The van der Waals surface area contributed by atoms with E-state index in [2.05, 4.69) is 240 Å². The molecule has 12 rings (SSSR count). The molecule has 3 nitrogen and oxygen atoms in total. The highest BCUT2D eigenvalue weighted by molar-refractivity contribution is 6.22. The van der Waals surface area contributed by atoms with Crippen LogP contribution in [0.25, 0.3) is 93.6 Å². The second-order valence-corrected chi connectivity index (χ2v) is 15.7. The number of aromatic nitrogens is 1. The van der Waals surface area contributed by atoms with E-state index in [0.29, 0.717) is 0 Å². The van der Waals surface area contributed by atoms with Crippen molar-refractivity contribution in [2.75, 3.05) is 4.90 Å². The Kier molecular flexibility index (Phi) is 8.17. The van der Waals surface area contributed by atoms with Crippen LogP contribution in [0.4, 0.5) is 17.1 Å². The SMILES string of the molecule is c1ccc(-c2ccc(N(c3ccccc3-c3ccccc3)c3cc(-c4ccc5c6ccccc6n(-c6ccccc6)c5c4)cc4c3oc3ccc5ccccc5c34)cc2)cc1. The molecule has 0 aliphatic carbocycles. The van der Waals surface area contributed by atoms with Gasteiger partial charge in [-0.2, -0.15) is 0 Å². The van der Waals surface area contributed by atoms with Crippen molar-refractivity contribution in [2.45, 2.75) is 0 Å². The van der Waals surface area contributed by atoms with E-state index in [9.17, 15) is 0 Å². The molecule has 0 aliphatic rings. The quantitative estimate of drug-likeness (QED) is 0.161. The van der Waals surface area contributed by atoms with E-state index in [4.69, 9.17) is 4.42 Å². The predicted molar refractivity (Wildman–Crippen MR) is 257 cm³/mol. The standard InChI is InChI=1S/C58H38N2O/c1-4-16-39(17-5-1)40-28-32-46(33-29-40)60(52-26-14-12-23-47(52)41-18-6-2-7-19-41)55-38-44(36-51-57-48-24-11-10-20-42(48)31-35-56(57)61-58(51)55)43-30-34-50-49-25-13-15-27-53(49)59(54(50)37-43)45-21-8-3-9-22-45/h1-38H. The summed E-state index contributed by atoms with van der Waals surface area (Å²) in [5.41, 5.74) is 15.1. The second kappa shape index (κ2) is 14.3. The number of furan rings is 1. The lowest BCUT2D eigenvalue weighted by Gasteiger charge is -2.28. The van der Waals surface area contributed by atoms with Gasteiger partial charge < -0.3 is 13.9 Å². The summed E-state index contributed by atoms with van der Waals surface area (Å²) < 4.78 is 9.48. The van der Waals surface area contributed by atoms with Gasteiger partial charge in [0.2, 0.25) is 0 Å². The van der Waals surface area contributed by atoms with Crippen LogP contribution in [0, 0.1) is 0 Å². The van der Waals surface area contributed by atoms with Gasteiger partial charge in [0.05, 0.1) is 22.4 Å². The molecule has 0 radical (unpaired) electrons. The number of nitrogens with zero attached hydrogens (tertiary/aromatic N) is 2. The summed E-state index contributed by atoms with van der Waals surface area (Å²) in [6, 6.07) is 82.9. The Labute approximate surface area is 353 Å². The highest BCUT2D eigenvalue weighted by Crippen LogP contribution is 2.49. The summed E-state index contributed by atoms with van der Waals surface area (Å²) >= 11 is 0. The van der Waals surface area contributed by atoms with Crippen LogP contribution >= 0.6 is 0 Å². The Morgan fingerprint density at radius 3 is 1.79 bits per heavy atom. The smallest absolute Gasteiger partial charge is 0.159 e. The van der Waals surface area contributed by atoms with Crippen LogP contribution in [0.15, 0.2) is 235 Å². The summed E-state index contributed by atoms with van der Waals surface area (Å²) in [6.45, 7) is 0. The van der Waals surface area contributed by atoms with Crippen molar-refractivity contribution in [1.82, 2.24) is 4.57 Å². The maximum absolute atomic E-state index is 7.09. The third-order valence-electron chi connectivity index (χ3n) is 12.2. The Morgan fingerprint density at radius 1 is 0.361 bits per heavy atom. The largest absolute Gasteiger partial charge is 0.454 e. The van der Waals surface area contributed by atoms with Gasteiger partial charge in [0.1, 0.15) is 5.58 Å². The molecule has 0 unspecified atom stereocenters. The molecule has 0 spiro atoms.